The fourth-order valence-electron chi connectivity index (χ4n) is 3.01. The van der Waals surface area contributed by atoms with Crippen molar-refractivity contribution in [1.82, 2.24) is 14.5 Å². The van der Waals surface area contributed by atoms with Gasteiger partial charge in [-0.25, -0.2) is 0 Å². The van der Waals surface area contributed by atoms with Crippen LogP contribution in [-0.4, -0.2) is 33.4 Å². The molecule has 1 saturated heterocycles. The van der Waals surface area contributed by atoms with E-state index in [4.69, 9.17) is 12.2 Å². The number of aryl methyl sites for hydroxylation is 2. The smallest absolute Gasteiger partial charge is 0.224 e. The number of benzene rings is 1. The molecule has 1 aromatic carbocycles. The highest BCUT2D eigenvalue weighted by atomic mass is 32.1. The van der Waals surface area contributed by atoms with Crippen molar-refractivity contribution < 1.29 is 4.79 Å². The Morgan fingerprint density at radius 1 is 1.29 bits per heavy atom. The van der Waals surface area contributed by atoms with Crippen molar-refractivity contribution in [3.05, 3.63) is 28.5 Å². The van der Waals surface area contributed by atoms with Crippen LogP contribution in [0.5, 0.6) is 0 Å². The highest BCUT2D eigenvalue weighted by Crippen LogP contribution is 2.17. The predicted octanol–water partition coefficient (Wildman–Crippen LogP) is 3.41. The zero-order valence-corrected chi connectivity index (χ0v) is 13.2. The van der Waals surface area contributed by atoms with Crippen LogP contribution in [0.3, 0.4) is 0 Å². The van der Waals surface area contributed by atoms with Gasteiger partial charge >= 0.3 is 0 Å². The van der Waals surface area contributed by atoms with Gasteiger partial charge in [-0.2, -0.15) is 0 Å². The number of imidazole rings is 1. The summed E-state index contributed by atoms with van der Waals surface area (Å²) in [6.07, 6.45) is 4.04. The molecule has 0 spiro atoms. The molecule has 1 N–H and O–H groups in total. The van der Waals surface area contributed by atoms with Gasteiger partial charge in [0.05, 0.1) is 11.0 Å². The normalized spacial score (nSPS) is 15.6. The number of hydrogen-bond acceptors (Lipinski definition) is 2. The van der Waals surface area contributed by atoms with E-state index in [0.717, 1.165) is 37.0 Å². The van der Waals surface area contributed by atoms with Gasteiger partial charge in [0.25, 0.3) is 0 Å². The average Bonchev–Trinajstić information content (AvgIpc) is 2.80. The first-order valence-corrected chi connectivity index (χ1v) is 8.03. The van der Waals surface area contributed by atoms with Crippen LogP contribution in [-0.2, 0) is 11.3 Å². The minimum atomic E-state index is 0.248. The largest absolute Gasteiger partial charge is 0.343 e. The zero-order chi connectivity index (χ0) is 14.8. The topological polar surface area (TPSA) is 41.0 Å². The summed E-state index contributed by atoms with van der Waals surface area (Å²) in [6, 6.07) is 6.24. The molecule has 0 saturated carbocycles. The van der Waals surface area contributed by atoms with Crippen molar-refractivity contribution in [2.75, 3.05) is 13.1 Å². The molecular weight excluding hydrogens is 282 g/mol. The van der Waals surface area contributed by atoms with Crippen LogP contribution in [0.25, 0.3) is 11.0 Å². The second kappa shape index (κ2) is 6.02. The number of nitrogens with zero attached hydrogens (tertiary/aromatic N) is 2. The third kappa shape index (κ3) is 3.02. The van der Waals surface area contributed by atoms with Crippen molar-refractivity contribution in [2.24, 2.45) is 0 Å². The lowest BCUT2D eigenvalue weighted by molar-refractivity contribution is -0.132. The predicted molar refractivity (Wildman–Crippen MR) is 86.9 cm³/mol. The van der Waals surface area contributed by atoms with E-state index in [1.54, 1.807) is 0 Å². The van der Waals surface area contributed by atoms with Crippen LogP contribution in [0.2, 0.25) is 0 Å². The van der Waals surface area contributed by atoms with Gasteiger partial charge in [0.1, 0.15) is 0 Å². The second-order valence-electron chi connectivity index (χ2n) is 5.79. The van der Waals surface area contributed by atoms with Crippen LogP contribution in [0, 0.1) is 11.7 Å². The number of H-pyrrole nitrogens is 1. The molecule has 1 amide bonds. The fraction of sp³-hybridized carbons (Fsp3) is 0.500. The number of rotatable bonds is 3. The SMILES string of the molecule is Cc1ccc2c(c1)[nH]c(=S)n2CCC(=O)N1CCCCC1. The van der Waals surface area contributed by atoms with Gasteiger partial charge in [0.2, 0.25) is 5.91 Å². The molecular formula is C16H21N3OS. The maximum Gasteiger partial charge on any atom is 0.224 e. The van der Waals surface area contributed by atoms with E-state index in [-0.39, 0.29) is 5.91 Å². The maximum absolute atomic E-state index is 12.3. The molecule has 2 aromatic rings. The summed E-state index contributed by atoms with van der Waals surface area (Å²) >= 11 is 5.39. The Morgan fingerprint density at radius 2 is 2.05 bits per heavy atom. The number of aromatic amines is 1. The van der Waals surface area contributed by atoms with Crippen molar-refractivity contribution in [2.45, 2.75) is 39.2 Å². The number of fused-ring (bicyclic) bond motifs is 1. The first-order valence-electron chi connectivity index (χ1n) is 7.62. The van der Waals surface area contributed by atoms with Crippen LogP contribution in [0.15, 0.2) is 18.2 Å². The average molecular weight is 303 g/mol. The number of amides is 1. The van der Waals surface area contributed by atoms with Crippen LogP contribution in [0.1, 0.15) is 31.2 Å². The highest BCUT2D eigenvalue weighted by Gasteiger charge is 2.16. The number of piperidine rings is 1. The summed E-state index contributed by atoms with van der Waals surface area (Å²) in [5, 5.41) is 0. The molecule has 3 rings (SSSR count). The van der Waals surface area contributed by atoms with Gasteiger partial charge in [-0.15, -0.1) is 0 Å². The Labute approximate surface area is 129 Å². The van der Waals surface area contributed by atoms with Gasteiger partial charge in [0, 0.05) is 26.1 Å². The lowest BCUT2D eigenvalue weighted by Crippen LogP contribution is -2.36. The van der Waals surface area contributed by atoms with Gasteiger partial charge in [0.15, 0.2) is 4.77 Å². The van der Waals surface area contributed by atoms with E-state index < -0.39 is 0 Å². The molecule has 1 aliphatic heterocycles. The summed E-state index contributed by atoms with van der Waals surface area (Å²) in [7, 11) is 0. The van der Waals surface area contributed by atoms with E-state index in [0.29, 0.717) is 17.7 Å². The van der Waals surface area contributed by atoms with Gasteiger partial charge in [-0.1, -0.05) is 6.07 Å². The van der Waals surface area contributed by atoms with Crippen LogP contribution < -0.4 is 0 Å². The molecule has 21 heavy (non-hydrogen) atoms. The lowest BCUT2D eigenvalue weighted by atomic mass is 10.1. The molecule has 0 atom stereocenters. The van der Waals surface area contributed by atoms with Crippen molar-refractivity contribution in [3.8, 4) is 0 Å². The van der Waals surface area contributed by atoms with E-state index in [9.17, 15) is 4.79 Å². The minimum absolute atomic E-state index is 0.248. The molecule has 2 heterocycles. The molecule has 0 unspecified atom stereocenters. The Bertz CT molecular complexity index is 710. The molecule has 112 valence electrons. The molecule has 0 bridgehead atoms. The molecule has 5 heteroatoms. The molecule has 1 fully saturated rings. The van der Waals surface area contributed by atoms with Crippen molar-refractivity contribution in [1.29, 1.82) is 0 Å². The molecule has 4 nitrogen and oxygen atoms in total. The van der Waals surface area contributed by atoms with Crippen molar-refractivity contribution in [3.63, 3.8) is 0 Å². The van der Waals surface area contributed by atoms with Crippen LogP contribution in [0.4, 0.5) is 0 Å². The second-order valence-corrected chi connectivity index (χ2v) is 6.18. The Balaban J connectivity index is 1.74. The fourth-order valence-corrected chi connectivity index (χ4v) is 3.31. The first kappa shape index (κ1) is 14.3. The highest BCUT2D eigenvalue weighted by molar-refractivity contribution is 7.71. The lowest BCUT2D eigenvalue weighted by Gasteiger charge is -2.26. The summed E-state index contributed by atoms with van der Waals surface area (Å²) in [5.74, 6) is 0.248. The first-order chi connectivity index (χ1) is 10.1. The summed E-state index contributed by atoms with van der Waals surface area (Å²) in [4.78, 5) is 17.5. The minimum Gasteiger partial charge on any atom is -0.343 e. The summed E-state index contributed by atoms with van der Waals surface area (Å²) < 4.78 is 2.73. The Morgan fingerprint density at radius 3 is 2.81 bits per heavy atom. The van der Waals surface area contributed by atoms with E-state index in [1.165, 1.54) is 12.0 Å². The molecule has 0 aliphatic carbocycles. The summed E-state index contributed by atoms with van der Waals surface area (Å²) in [5.41, 5.74) is 3.33. The maximum atomic E-state index is 12.3. The molecule has 0 radical (unpaired) electrons. The van der Waals surface area contributed by atoms with E-state index in [1.807, 2.05) is 9.47 Å². The number of hydrogen-bond donors (Lipinski definition) is 1. The van der Waals surface area contributed by atoms with E-state index in [2.05, 4.69) is 30.1 Å². The number of likely N-dealkylation sites (tertiary alicyclic amines) is 1. The Kier molecular flexibility index (Phi) is 4.10. The van der Waals surface area contributed by atoms with Gasteiger partial charge < -0.3 is 14.5 Å². The molecule has 1 aromatic heterocycles. The quantitative estimate of drug-likeness (QED) is 0.883. The number of carbonyl (C=O) groups excluding carboxylic acids is 1. The van der Waals surface area contributed by atoms with Crippen molar-refractivity contribution >= 4 is 29.2 Å². The number of aromatic nitrogens is 2. The van der Waals surface area contributed by atoms with Gasteiger partial charge in [-0.3, -0.25) is 4.79 Å². The standard InChI is InChI=1S/C16H21N3OS/c1-12-5-6-14-13(11-12)17-16(21)19(14)10-7-15(20)18-8-3-2-4-9-18/h5-6,11H,2-4,7-10H2,1H3,(H,17,21). The number of carbonyl (C=O) groups is 1. The third-order valence-electron chi connectivity index (χ3n) is 4.19. The monoisotopic (exact) mass is 303 g/mol. The van der Waals surface area contributed by atoms with Gasteiger partial charge in [-0.05, 0) is 56.1 Å². The zero-order valence-electron chi connectivity index (χ0n) is 12.4. The molecule has 1 aliphatic rings. The Hall–Kier alpha value is -1.62. The third-order valence-corrected chi connectivity index (χ3v) is 4.51. The van der Waals surface area contributed by atoms with Crippen LogP contribution >= 0.6 is 12.2 Å². The number of nitrogens with one attached hydrogen (secondary N) is 1. The summed E-state index contributed by atoms with van der Waals surface area (Å²) in [6.45, 7) is 4.54. The van der Waals surface area contributed by atoms with E-state index >= 15 is 0 Å².